The highest BCUT2D eigenvalue weighted by Gasteiger charge is 2.08. The summed E-state index contributed by atoms with van der Waals surface area (Å²) in [5.74, 6) is 0.890. The molecule has 0 atom stereocenters. The zero-order chi connectivity index (χ0) is 13.0. The quantitative estimate of drug-likeness (QED) is 0.881. The van der Waals surface area contributed by atoms with Gasteiger partial charge in [0.1, 0.15) is 12.0 Å². The minimum atomic E-state index is 0.538. The molecule has 96 valence electrons. The van der Waals surface area contributed by atoms with Gasteiger partial charge in [0.15, 0.2) is 0 Å². The number of hydrogen-bond acceptors (Lipinski definition) is 4. The molecule has 0 bridgehead atoms. The summed E-state index contributed by atoms with van der Waals surface area (Å²) in [5, 5.41) is 2.88. The Hall–Kier alpha value is -1.97. The second-order valence-corrected chi connectivity index (χ2v) is 4.07. The van der Waals surface area contributed by atoms with Gasteiger partial charge in [-0.05, 0) is 18.1 Å². The van der Waals surface area contributed by atoms with Gasteiger partial charge >= 0.3 is 0 Å². The minimum absolute atomic E-state index is 0.538. The zero-order valence-corrected chi connectivity index (χ0v) is 11.0. The molecule has 0 amide bonds. The summed E-state index contributed by atoms with van der Waals surface area (Å²) in [6, 6.07) is 6.79. The monoisotopic (exact) mass is 246 g/mol. The molecule has 1 aromatic heterocycles. The van der Waals surface area contributed by atoms with Crippen LogP contribution in [-0.4, -0.2) is 19.1 Å². The average Bonchev–Trinajstić information content (AvgIpc) is 2.86. The van der Waals surface area contributed by atoms with Gasteiger partial charge in [-0.2, -0.15) is 4.98 Å². The van der Waals surface area contributed by atoms with E-state index in [0.717, 1.165) is 23.4 Å². The average molecular weight is 246 g/mol. The highest BCUT2D eigenvalue weighted by atomic mass is 16.5. The number of oxazole rings is 1. The molecule has 0 fully saturated rings. The minimum Gasteiger partial charge on any atom is -0.496 e. The number of nitrogens with one attached hydrogen (secondary N) is 1. The van der Waals surface area contributed by atoms with Crippen LogP contribution in [0.25, 0.3) is 0 Å². The molecular formula is C14H18N2O2. The molecule has 4 heteroatoms. The van der Waals surface area contributed by atoms with Crippen molar-refractivity contribution >= 4 is 6.01 Å². The highest BCUT2D eigenvalue weighted by Crippen LogP contribution is 2.23. The third-order valence-corrected chi connectivity index (χ3v) is 2.89. The zero-order valence-electron chi connectivity index (χ0n) is 11.0. The first kappa shape index (κ1) is 12.5. The van der Waals surface area contributed by atoms with Gasteiger partial charge in [0.25, 0.3) is 6.01 Å². The third kappa shape index (κ3) is 2.64. The van der Waals surface area contributed by atoms with Crippen LogP contribution in [0.15, 0.2) is 28.9 Å². The Morgan fingerprint density at radius 2 is 2.22 bits per heavy atom. The summed E-state index contributed by atoms with van der Waals surface area (Å²) in [4.78, 5) is 4.32. The lowest BCUT2D eigenvalue weighted by Crippen LogP contribution is -1.96. The van der Waals surface area contributed by atoms with Gasteiger partial charge in [0.05, 0.1) is 12.8 Å². The van der Waals surface area contributed by atoms with Crippen LogP contribution < -0.4 is 10.1 Å². The molecule has 0 aliphatic rings. The van der Waals surface area contributed by atoms with Crippen molar-refractivity contribution in [2.75, 3.05) is 19.5 Å². The Kier molecular flexibility index (Phi) is 3.87. The summed E-state index contributed by atoms with van der Waals surface area (Å²) >= 11 is 0. The van der Waals surface area contributed by atoms with Gasteiger partial charge in [-0.3, -0.25) is 0 Å². The van der Waals surface area contributed by atoms with Crippen LogP contribution in [0.4, 0.5) is 6.01 Å². The van der Waals surface area contributed by atoms with Crippen molar-refractivity contribution in [3.8, 4) is 5.75 Å². The molecule has 4 nitrogen and oxygen atoms in total. The van der Waals surface area contributed by atoms with Crippen molar-refractivity contribution < 1.29 is 9.15 Å². The Labute approximate surface area is 107 Å². The first-order valence-corrected chi connectivity index (χ1v) is 6.04. The van der Waals surface area contributed by atoms with Gasteiger partial charge in [0.2, 0.25) is 0 Å². The van der Waals surface area contributed by atoms with Crippen LogP contribution in [0.1, 0.15) is 23.7 Å². The number of aromatic nitrogens is 1. The van der Waals surface area contributed by atoms with Crippen LogP contribution in [0.2, 0.25) is 0 Å². The van der Waals surface area contributed by atoms with Gasteiger partial charge in [-0.15, -0.1) is 0 Å². The topological polar surface area (TPSA) is 47.3 Å². The Morgan fingerprint density at radius 1 is 1.39 bits per heavy atom. The summed E-state index contributed by atoms with van der Waals surface area (Å²) < 4.78 is 10.6. The molecule has 0 spiro atoms. The summed E-state index contributed by atoms with van der Waals surface area (Å²) in [5.41, 5.74) is 3.32. The first-order chi connectivity index (χ1) is 8.76. The number of rotatable bonds is 5. The predicted octanol–water partition coefficient (Wildman–Crippen LogP) is 2.88. The van der Waals surface area contributed by atoms with Crippen molar-refractivity contribution in [2.45, 2.75) is 19.8 Å². The van der Waals surface area contributed by atoms with Crippen LogP contribution in [0.3, 0.4) is 0 Å². The maximum Gasteiger partial charge on any atom is 0.294 e. The second-order valence-electron chi connectivity index (χ2n) is 4.07. The van der Waals surface area contributed by atoms with E-state index in [4.69, 9.17) is 9.15 Å². The van der Waals surface area contributed by atoms with Crippen molar-refractivity contribution in [3.05, 3.63) is 41.3 Å². The maximum atomic E-state index is 5.38. The number of ether oxygens (including phenoxy) is 1. The number of methoxy groups -OCH3 is 1. The van der Waals surface area contributed by atoms with E-state index in [1.165, 1.54) is 5.56 Å². The number of benzene rings is 1. The fraction of sp³-hybridized carbons (Fsp3) is 0.357. The molecule has 0 unspecified atom stereocenters. The van der Waals surface area contributed by atoms with Gasteiger partial charge in [-0.1, -0.05) is 19.1 Å². The van der Waals surface area contributed by atoms with E-state index >= 15 is 0 Å². The number of nitrogens with zero attached hydrogens (tertiary/aromatic N) is 1. The maximum absolute atomic E-state index is 5.38. The van der Waals surface area contributed by atoms with Crippen LogP contribution in [-0.2, 0) is 12.8 Å². The van der Waals surface area contributed by atoms with Crippen LogP contribution >= 0.6 is 0 Å². The number of hydrogen-bond donors (Lipinski definition) is 1. The van der Waals surface area contributed by atoms with E-state index in [1.807, 2.05) is 6.07 Å². The van der Waals surface area contributed by atoms with E-state index in [1.54, 1.807) is 20.4 Å². The molecule has 2 aromatic rings. The van der Waals surface area contributed by atoms with Crippen LogP contribution in [0.5, 0.6) is 5.75 Å². The van der Waals surface area contributed by atoms with E-state index in [9.17, 15) is 0 Å². The smallest absolute Gasteiger partial charge is 0.294 e. The molecule has 0 saturated heterocycles. The van der Waals surface area contributed by atoms with Crippen molar-refractivity contribution in [3.63, 3.8) is 0 Å². The Balaban J connectivity index is 2.25. The molecule has 1 N–H and O–H groups in total. The van der Waals surface area contributed by atoms with Crippen molar-refractivity contribution in [1.29, 1.82) is 0 Å². The SMILES string of the molecule is CCc1ccc(OC)c(Cc2coc(NC)n2)c1. The molecule has 1 heterocycles. The van der Waals surface area contributed by atoms with Crippen molar-refractivity contribution in [1.82, 2.24) is 4.98 Å². The van der Waals surface area contributed by atoms with E-state index in [2.05, 4.69) is 29.4 Å². The van der Waals surface area contributed by atoms with E-state index in [0.29, 0.717) is 12.4 Å². The molecule has 0 aliphatic heterocycles. The molecule has 0 radical (unpaired) electrons. The fourth-order valence-corrected chi connectivity index (χ4v) is 1.89. The summed E-state index contributed by atoms with van der Waals surface area (Å²) in [6.45, 7) is 2.14. The standard InChI is InChI=1S/C14H18N2O2/c1-4-10-5-6-13(17-3)11(7-10)8-12-9-18-14(15-2)16-12/h5-7,9H,4,8H2,1-3H3,(H,15,16). The summed E-state index contributed by atoms with van der Waals surface area (Å²) in [7, 11) is 3.47. The second kappa shape index (κ2) is 5.58. The van der Waals surface area contributed by atoms with Crippen molar-refractivity contribution in [2.24, 2.45) is 0 Å². The number of anilines is 1. The third-order valence-electron chi connectivity index (χ3n) is 2.89. The van der Waals surface area contributed by atoms with Gasteiger partial charge in [0, 0.05) is 19.0 Å². The van der Waals surface area contributed by atoms with Crippen LogP contribution in [0, 0.1) is 0 Å². The van der Waals surface area contributed by atoms with E-state index in [-0.39, 0.29) is 0 Å². The highest BCUT2D eigenvalue weighted by molar-refractivity contribution is 5.40. The Morgan fingerprint density at radius 3 is 2.83 bits per heavy atom. The molecule has 2 rings (SSSR count). The lowest BCUT2D eigenvalue weighted by atomic mass is 10.0. The number of aryl methyl sites for hydroxylation is 1. The lowest BCUT2D eigenvalue weighted by Gasteiger charge is -2.08. The van der Waals surface area contributed by atoms with Gasteiger partial charge < -0.3 is 14.5 Å². The lowest BCUT2D eigenvalue weighted by molar-refractivity contribution is 0.410. The first-order valence-electron chi connectivity index (χ1n) is 6.04. The summed E-state index contributed by atoms with van der Waals surface area (Å²) in [6.07, 6.45) is 3.39. The molecule has 0 aliphatic carbocycles. The predicted molar refractivity (Wildman–Crippen MR) is 71.2 cm³/mol. The Bertz CT molecular complexity index is 520. The molecule has 18 heavy (non-hydrogen) atoms. The molecule has 1 aromatic carbocycles. The molecule has 0 saturated carbocycles. The normalized spacial score (nSPS) is 10.4. The fourth-order valence-electron chi connectivity index (χ4n) is 1.89. The van der Waals surface area contributed by atoms with E-state index < -0.39 is 0 Å². The van der Waals surface area contributed by atoms with Gasteiger partial charge in [-0.25, -0.2) is 0 Å². The molecular weight excluding hydrogens is 228 g/mol. The largest absolute Gasteiger partial charge is 0.496 e.